The summed E-state index contributed by atoms with van der Waals surface area (Å²) in [5, 5.41) is 6.63. The Balaban J connectivity index is 1.57. The van der Waals surface area contributed by atoms with Gasteiger partial charge in [0, 0.05) is 25.6 Å². The molecule has 2 aromatic rings. The lowest BCUT2D eigenvalue weighted by atomic mass is 9.95. The fourth-order valence-corrected chi connectivity index (χ4v) is 3.03. The van der Waals surface area contributed by atoms with Crippen molar-refractivity contribution in [3.05, 3.63) is 65.5 Å². The molecule has 0 unspecified atom stereocenters. The molecule has 3 rings (SSSR count). The van der Waals surface area contributed by atoms with Crippen LogP contribution in [0.4, 0.5) is 4.39 Å². The number of hydrogen-bond donors (Lipinski definition) is 2. The number of guanidine groups is 1. The summed E-state index contributed by atoms with van der Waals surface area (Å²) < 4.78 is 19.3. The van der Waals surface area contributed by atoms with Gasteiger partial charge in [0.2, 0.25) is 0 Å². The van der Waals surface area contributed by atoms with Crippen molar-refractivity contribution >= 4 is 5.96 Å². The van der Waals surface area contributed by atoms with Gasteiger partial charge in [-0.2, -0.15) is 0 Å². The molecule has 1 aliphatic carbocycles. The Morgan fingerprint density at radius 2 is 1.96 bits per heavy atom. The number of ether oxygens (including phenoxy) is 1. The van der Waals surface area contributed by atoms with E-state index in [-0.39, 0.29) is 11.2 Å². The first-order chi connectivity index (χ1) is 12.2. The minimum absolute atomic E-state index is 0.112. The summed E-state index contributed by atoms with van der Waals surface area (Å²) in [5.74, 6) is 1.42. The quantitative estimate of drug-likeness (QED) is 0.626. The van der Waals surface area contributed by atoms with Crippen molar-refractivity contribution in [1.29, 1.82) is 0 Å². The van der Waals surface area contributed by atoms with Crippen LogP contribution in [-0.2, 0) is 12.0 Å². The highest BCUT2D eigenvalue weighted by Crippen LogP contribution is 2.48. The van der Waals surface area contributed by atoms with Crippen LogP contribution in [-0.4, -0.2) is 26.7 Å². The van der Waals surface area contributed by atoms with Crippen LogP contribution in [0.1, 0.15) is 24.0 Å². The van der Waals surface area contributed by atoms with Gasteiger partial charge in [-0.05, 0) is 42.2 Å². The molecule has 1 fully saturated rings. The molecule has 1 aliphatic rings. The molecular formula is C20H24FN3O. The fraction of sp³-hybridized carbons (Fsp3) is 0.350. The van der Waals surface area contributed by atoms with Gasteiger partial charge in [0.15, 0.2) is 5.96 Å². The van der Waals surface area contributed by atoms with Gasteiger partial charge in [0.05, 0.1) is 7.11 Å². The second kappa shape index (κ2) is 7.55. The molecule has 0 radical (unpaired) electrons. The van der Waals surface area contributed by atoms with Crippen molar-refractivity contribution in [1.82, 2.24) is 10.6 Å². The first kappa shape index (κ1) is 17.3. The van der Waals surface area contributed by atoms with Crippen LogP contribution in [0.15, 0.2) is 53.5 Å². The maximum absolute atomic E-state index is 14.1. The Kier molecular flexibility index (Phi) is 5.22. The molecule has 25 heavy (non-hydrogen) atoms. The van der Waals surface area contributed by atoms with Crippen molar-refractivity contribution in [2.24, 2.45) is 4.99 Å². The predicted octanol–water partition coefficient (Wildman–Crippen LogP) is 3.23. The molecule has 0 bridgehead atoms. The van der Waals surface area contributed by atoms with E-state index in [2.05, 4.69) is 15.6 Å². The first-order valence-electron chi connectivity index (χ1n) is 8.49. The molecule has 0 heterocycles. The Bertz CT molecular complexity index is 756. The maximum atomic E-state index is 14.1. The second-order valence-corrected chi connectivity index (χ2v) is 6.39. The normalized spacial score (nSPS) is 15.6. The average molecular weight is 341 g/mol. The van der Waals surface area contributed by atoms with Crippen molar-refractivity contribution in [2.45, 2.75) is 24.8 Å². The third kappa shape index (κ3) is 4.10. The van der Waals surface area contributed by atoms with E-state index < -0.39 is 0 Å². The molecular weight excluding hydrogens is 317 g/mol. The summed E-state index contributed by atoms with van der Waals surface area (Å²) in [4.78, 5) is 4.26. The molecule has 0 aromatic heterocycles. The van der Waals surface area contributed by atoms with Crippen LogP contribution >= 0.6 is 0 Å². The zero-order valence-electron chi connectivity index (χ0n) is 14.7. The molecule has 132 valence electrons. The number of hydrogen-bond acceptors (Lipinski definition) is 2. The highest BCUT2D eigenvalue weighted by molar-refractivity contribution is 5.79. The van der Waals surface area contributed by atoms with Gasteiger partial charge in [-0.3, -0.25) is 4.99 Å². The van der Waals surface area contributed by atoms with Gasteiger partial charge < -0.3 is 15.4 Å². The maximum Gasteiger partial charge on any atom is 0.191 e. The van der Waals surface area contributed by atoms with Gasteiger partial charge in [0.1, 0.15) is 11.6 Å². The molecule has 5 heteroatoms. The van der Waals surface area contributed by atoms with Gasteiger partial charge in [-0.25, -0.2) is 4.39 Å². The number of rotatable bonds is 6. The Hall–Kier alpha value is -2.56. The number of nitrogens with zero attached hydrogens (tertiary/aromatic N) is 1. The molecule has 0 atom stereocenters. The minimum Gasteiger partial charge on any atom is -0.497 e. The lowest BCUT2D eigenvalue weighted by molar-refractivity contribution is 0.414. The minimum atomic E-state index is -0.124. The Morgan fingerprint density at radius 3 is 2.64 bits per heavy atom. The van der Waals surface area contributed by atoms with Crippen LogP contribution in [0.2, 0.25) is 0 Å². The highest BCUT2D eigenvalue weighted by Gasteiger charge is 2.45. The summed E-state index contributed by atoms with van der Waals surface area (Å²) in [6.45, 7) is 1.31. The Morgan fingerprint density at radius 1 is 1.16 bits per heavy atom. The van der Waals surface area contributed by atoms with Crippen LogP contribution in [0, 0.1) is 5.82 Å². The number of benzene rings is 2. The molecule has 0 spiro atoms. The zero-order valence-corrected chi connectivity index (χ0v) is 14.7. The highest BCUT2D eigenvalue weighted by atomic mass is 19.1. The smallest absolute Gasteiger partial charge is 0.191 e. The Labute approximate surface area is 148 Å². The van der Waals surface area contributed by atoms with Crippen molar-refractivity contribution in [2.75, 3.05) is 20.7 Å². The van der Waals surface area contributed by atoms with Gasteiger partial charge in [0.25, 0.3) is 0 Å². The fourth-order valence-electron chi connectivity index (χ4n) is 3.03. The number of methoxy groups -OCH3 is 1. The first-order valence-corrected chi connectivity index (χ1v) is 8.49. The molecule has 0 amide bonds. The largest absolute Gasteiger partial charge is 0.497 e. The lowest BCUT2D eigenvalue weighted by Crippen LogP contribution is -2.41. The standard InChI is InChI=1S/C20H24FN3O/c1-22-19(23-13-15-6-5-7-16(12-15)25-2)24-14-20(10-11-20)17-8-3-4-9-18(17)21/h3-9,12H,10-11,13-14H2,1-2H3,(H2,22,23,24). The van der Waals surface area contributed by atoms with Gasteiger partial charge in [-0.1, -0.05) is 30.3 Å². The molecule has 0 aliphatic heterocycles. The summed E-state index contributed by atoms with van der Waals surface area (Å²) in [6.07, 6.45) is 1.99. The molecule has 4 nitrogen and oxygen atoms in total. The summed E-state index contributed by atoms with van der Waals surface area (Å²) in [5.41, 5.74) is 1.79. The van der Waals surface area contributed by atoms with E-state index in [0.717, 1.165) is 29.7 Å². The third-order valence-corrected chi connectivity index (χ3v) is 4.71. The van der Waals surface area contributed by atoms with Crippen LogP contribution in [0.5, 0.6) is 5.75 Å². The van der Waals surface area contributed by atoms with Crippen molar-refractivity contribution < 1.29 is 9.13 Å². The predicted molar refractivity (Wildman–Crippen MR) is 98.5 cm³/mol. The summed E-state index contributed by atoms with van der Waals surface area (Å²) in [6, 6.07) is 14.9. The van der Waals surface area contributed by atoms with Crippen molar-refractivity contribution in [3.8, 4) is 5.75 Å². The molecule has 0 saturated heterocycles. The van der Waals surface area contributed by atoms with Gasteiger partial charge in [-0.15, -0.1) is 0 Å². The van der Waals surface area contributed by atoms with E-state index in [4.69, 9.17) is 4.74 Å². The number of halogens is 1. The lowest BCUT2D eigenvalue weighted by Gasteiger charge is -2.19. The van der Waals surface area contributed by atoms with E-state index in [1.807, 2.05) is 36.4 Å². The van der Waals surface area contributed by atoms with E-state index >= 15 is 0 Å². The zero-order chi connectivity index (χ0) is 17.7. The molecule has 2 N–H and O–H groups in total. The number of aliphatic imine (C=N–C) groups is 1. The second-order valence-electron chi connectivity index (χ2n) is 6.39. The SMILES string of the molecule is CN=C(NCc1cccc(OC)c1)NCC1(c2ccccc2F)CC1. The summed E-state index contributed by atoms with van der Waals surface area (Å²) >= 11 is 0. The van der Waals surface area contributed by atoms with E-state index in [0.29, 0.717) is 19.0 Å². The van der Waals surface area contributed by atoms with Crippen LogP contribution in [0.3, 0.4) is 0 Å². The summed E-state index contributed by atoms with van der Waals surface area (Å²) in [7, 11) is 3.40. The van der Waals surface area contributed by atoms with E-state index in [1.54, 1.807) is 20.2 Å². The third-order valence-electron chi connectivity index (χ3n) is 4.71. The van der Waals surface area contributed by atoms with E-state index in [1.165, 1.54) is 6.07 Å². The van der Waals surface area contributed by atoms with Crippen molar-refractivity contribution in [3.63, 3.8) is 0 Å². The topological polar surface area (TPSA) is 45.7 Å². The average Bonchev–Trinajstić information content (AvgIpc) is 3.43. The van der Waals surface area contributed by atoms with Crippen LogP contribution < -0.4 is 15.4 Å². The van der Waals surface area contributed by atoms with Gasteiger partial charge >= 0.3 is 0 Å². The molecule has 1 saturated carbocycles. The van der Waals surface area contributed by atoms with Crippen LogP contribution in [0.25, 0.3) is 0 Å². The van der Waals surface area contributed by atoms with E-state index in [9.17, 15) is 4.39 Å². The number of nitrogens with one attached hydrogen (secondary N) is 2. The monoisotopic (exact) mass is 341 g/mol. The molecule has 2 aromatic carbocycles.